The Balaban J connectivity index is 1.91. The Kier molecular flexibility index (Phi) is 6.93. The maximum Gasteiger partial charge on any atom is 0.243 e. The van der Waals surface area contributed by atoms with Crippen LogP contribution in [-0.4, -0.2) is 48.8 Å². The van der Waals surface area contributed by atoms with E-state index in [0.717, 1.165) is 12.2 Å². The molecular formula is C18H28N2O3S2. The largest absolute Gasteiger partial charge is 0.355 e. The summed E-state index contributed by atoms with van der Waals surface area (Å²) >= 11 is 1.80. The van der Waals surface area contributed by atoms with Gasteiger partial charge in [0.1, 0.15) is 0 Å². The normalized spacial score (nSPS) is 19.6. The molecule has 25 heavy (non-hydrogen) atoms. The Labute approximate surface area is 155 Å². The van der Waals surface area contributed by atoms with Gasteiger partial charge in [-0.3, -0.25) is 4.79 Å². The molecule has 0 aliphatic carbocycles. The molecule has 1 fully saturated rings. The Hall–Kier alpha value is -1.05. The zero-order chi connectivity index (χ0) is 18.5. The predicted octanol–water partition coefficient (Wildman–Crippen LogP) is 2.74. The third kappa shape index (κ3) is 6.01. The van der Waals surface area contributed by atoms with Gasteiger partial charge in [-0.1, -0.05) is 39.0 Å². The van der Waals surface area contributed by atoms with E-state index in [9.17, 15) is 13.2 Å². The minimum Gasteiger partial charge on any atom is -0.355 e. The fourth-order valence-corrected chi connectivity index (χ4v) is 5.15. The number of hydrogen-bond donors (Lipinski definition) is 1. The number of hydrogen-bond acceptors (Lipinski definition) is 4. The molecule has 0 aromatic heterocycles. The third-order valence-electron chi connectivity index (χ3n) is 4.07. The first-order chi connectivity index (χ1) is 11.7. The molecule has 2 rings (SSSR count). The van der Waals surface area contributed by atoms with Crippen molar-refractivity contribution in [3.8, 4) is 0 Å². The van der Waals surface area contributed by atoms with Gasteiger partial charge in [-0.05, 0) is 25.0 Å². The topological polar surface area (TPSA) is 66.5 Å². The molecule has 140 valence electrons. The highest BCUT2D eigenvalue weighted by molar-refractivity contribution is 8.00. The van der Waals surface area contributed by atoms with Crippen molar-refractivity contribution in [2.24, 2.45) is 5.92 Å². The van der Waals surface area contributed by atoms with Crippen molar-refractivity contribution in [1.29, 1.82) is 0 Å². The Morgan fingerprint density at radius 3 is 2.60 bits per heavy atom. The van der Waals surface area contributed by atoms with Crippen LogP contribution in [0.3, 0.4) is 0 Å². The van der Waals surface area contributed by atoms with Crippen LogP contribution in [0.2, 0.25) is 0 Å². The monoisotopic (exact) mass is 384 g/mol. The Morgan fingerprint density at radius 1 is 1.28 bits per heavy atom. The van der Waals surface area contributed by atoms with E-state index < -0.39 is 10.0 Å². The molecule has 1 aliphatic rings. The molecule has 0 bridgehead atoms. The number of thioether (sulfide) groups is 1. The predicted molar refractivity (Wildman–Crippen MR) is 103 cm³/mol. The summed E-state index contributed by atoms with van der Waals surface area (Å²) in [6.45, 7) is 7.78. The summed E-state index contributed by atoms with van der Waals surface area (Å²) in [7, 11) is -3.52. The van der Waals surface area contributed by atoms with E-state index in [2.05, 4.69) is 26.1 Å². The second-order valence-corrected chi connectivity index (χ2v) is 11.1. The quantitative estimate of drug-likeness (QED) is 0.766. The molecule has 1 amide bonds. The van der Waals surface area contributed by atoms with Crippen molar-refractivity contribution in [3.05, 3.63) is 30.3 Å². The number of sulfonamides is 1. The number of nitrogens with zero attached hydrogens (tertiary/aromatic N) is 1. The summed E-state index contributed by atoms with van der Waals surface area (Å²) in [5, 5.41) is 2.96. The first-order valence-corrected chi connectivity index (χ1v) is 11.1. The van der Waals surface area contributed by atoms with Crippen molar-refractivity contribution in [1.82, 2.24) is 9.62 Å². The van der Waals surface area contributed by atoms with E-state index in [1.54, 1.807) is 42.1 Å². The van der Waals surface area contributed by atoms with E-state index in [1.165, 1.54) is 4.31 Å². The van der Waals surface area contributed by atoms with Gasteiger partial charge >= 0.3 is 0 Å². The SMILES string of the molecule is CC(C)(C)SCCNC(=O)[C@@H]1CCCN(S(=O)(=O)c2ccccc2)C1. The number of benzene rings is 1. The van der Waals surface area contributed by atoms with Crippen LogP contribution in [0.4, 0.5) is 0 Å². The number of carbonyl (C=O) groups is 1. The van der Waals surface area contributed by atoms with Crippen LogP contribution >= 0.6 is 11.8 Å². The first kappa shape index (κ1) is 20.3. The zero-order valence-corrected chi connectivity index (χ0v) is 16.8. The number of rotatable bonds is 6. The van der Waals surface area contributed by atoms with Crippen molar-refractivity contribution in [2.45, 2.75) is 43.3 Å². The molecule has 0 saturated carbocycles. The minimum atomic E-state index is -3.52. The number of piperidine rings is 1. The summed E-state index contributed by atoms with van der Waals surface area (Å²) in [6.07, 6.45) is 1.44. The van der Waals surface area contributed by atoms with Crippen LogP contribution < -0.4 is 5.32 Å². The summed E-state index contributed by atoms with van der Waals surface area (Å²) in [4.78, 5) is 12.7. The van der Waals surface area contributed by atoms with Crippen molar-refractivity contribution >= 4 is 27.7 Å². The lowest BCUT2D eigenvalue weighted by atomic mass is 9.99. The molecule has 1 aliphatic heterocycles. The molecule has 7 heteroatoms. The third-order valence-corrected chi connectivity index (χ3v) is 7.23. The summed E-state index contributed by atoms with van der Waals surface area (Å²) in [5.74, 6) is 0.544. The second-order valence-electron chi connectivity index (χ2n) is 7.27. The average Bonchev–Trinajstić information content (AvgIpc) is 2.58. The molecule has 1 saturated heterocycles. The van der Waals surface area contributed by atoms with Crippen LogP contribution in [0.5, 0.6) is 0 Å². The van der Waals surface area contributed by atoms with Crippen LogP contribution in [-0.2, 0) is 14.8 Å². The summed E-state index contributed by atoms with van der Waals surface area (Å²) < 4.78 is 27.1. The van der Waals surface area contributed by atoms with Crippen molar-refractivity contribution in [2.75, 3.05) is 25.4 Å². The molecule has 0 unspecified atom stereocenters. The Bertz CT molecular complexity index is 669. The average molecular weight is 385 g/mol. The van der Waals surface area contributed by atoms with Crippen molar-refractivity contribution in [3.63, 3.8) is 0 Å². The number of nitrogens with one attached hydrogen (secondary N) is 1. The van der Waals surface area contributed by atoms with Gasteiger partial charge in [-0.15, -0.1) is 0 Å². The van der Waals surface area contributed by atoms with Crippen LogP contribution in [0.25, 0.3) is 0 Å². The minimum absolute atomic E-state index is 0.0394. The zero-order valence-electron chi connectivity index (χ0n) is 15.2. The van der Waals surface area contributed by atoms with Crippen molar-refractivity contribution < 1.29 is 13.2 Å². The maximum atomic E-state index is 12.7. The second kappa shape index (κ2) is 8.56. The van der Waals surface area contributed by atoms with Crippen LogP contribution in [0.15, 0.2) is 35.2 Å². The van der Waals surface area contributed by atoms with Crippen LogP contribution in [0, 0.1) is 5.92 Å². The highest BCUT2D eigenvalue weighted by atomic mass is 32.2. The van der Waals surface area contributed by atoms with E-state index in [-0.39, 0.29) is 28.0 Å². The van der Waals surface area contributed by atoms with E-state index in [1.807, 2.05) is 0 Å². The van der Waals surface area contributed by atoms with E-state index in [4.69, 9.17) is 0 Å². The molecule has 1 aromatic carbocycles. The number of carbonyl (C=O) groups excluding carboxylic acids is 1. The lowest BCUT2D eigenvalue weighted by Gasteiger charge is -2.31. The van der Waals surface area contributed by atoms with Gasteiger partial charge in [0, 0.05) is 30.1 Å². The molecular weight excluding hydrogens is 356 g/mol. The molecule has 0 radical (unpaired) electrons. The Morgan fingerprint density at radius 2 is 1.96 bits per heavy atom. The maximum absolute atomic E-state index is 12.7. The molecule has 0 spiro atoms. The molecule has 1 N–H and O–H groups in total. The molecule has 1 aromatic rings. The smallest absolute Gasteiger partial charge is 0.243 e. The standard InChI is InChI=1S/C18H28N2O3S2/c1-18(2,3)24-13-11-19-17(21)15-8-7-12-20(14-15)25(22,23)16-9-5-4-6-10-16/h4-6,9-10,15H,7-8,11-14H2,1-3H3,(H,19,21)/t15-/m1/s1. The fraction of sp³-hybridized carbons (Fsp3) is 0.611. The highest BCUT2D eigenvalue weighted by Gasteiger charge is 2.33. The molecule has 5 nitrogen and oxygen atoms in total. The summed E-state index contributed by atoms with van der Waals surface area (Å²) in [6, 6.07) is 8.42. The molecule has 1 atom stereocenters. The highest BCUT2D eigenvalue weighted by Crippen LogP contribution is 2.24. The first-order valence-electron chi connectivity index (χ1n) is 8.67. The van der Waals surface area contributed by atoms with Gasteiger partial charge in [-0.25, -0.2) is 8.42 Å². The van der Waals surface area contributed by atoms with E-state index >= 15 is 0 Å². The van der Waals surface area contributed by atoms with Gasteiger partial charge in [0.2, 0.25) is 15.9 Å². The van der Waals surface area contributed by atoms with Crippen LogP contribution in [0.1, 0.15) is 33.6 Å². The van der Waals surface area contributed by atoms with E-state index in [0.29, 0.717) is 19.5 Å². The lowest BCUT2D eigenvalue weighted by Crippen LogP contribution is -2.45. The summed E-state index contributed by atoms with van der Waals surface area (Å²) in [5.41, 5.74) is 0. The van der Waals surface area contributed by atoms with Gasteiger partial charge < -0.3 is 5.32 Å². The van der Waals surface area contributed by atoms with Gasteiger partial charge in [0.05, 0.1) is 10.8 Å². The van der Waals surface area contributed by atoms with Gasteiger partial charge in [-0.2, -0.15) is 16.1 Å². The van der Waals surface area contributed by atoms with Gasteiger partial charge in [0.25, 0.3) is 0 Å². The number of amides is 1. The molecule has 1 heterocycles. The lowest BCUT2D eigenvalue weighted by molar-refractivity contribution is -0.125. The fourth-order valence-electron chi connectivity index (χ4n) is 2.79. The van der Waals surface area contributed by atoms with Gasteiger partial charge in [0.15, 0.2) is 0 Å².